The lowest BCUT2D eigenvalue weighted by Gasteiger charge is -2.26. The number of hydrogen-bond donors (Lipinski definition) is 2. The number of amides is 1. The molecule has 0 spiro atoms. The lowest BCUT2D eigenvalue weighted by atomic mass is 9.85. The lowest BCUT2D eigenvalue weighted by molar-refractivity contribution is -0.114. The predicted molar refractivity (Wildman–Crippen MR) is 122 cm³/mol. The number of H-pyrrole nitrogens is 1. The summed E-state index contributed by atoms with van der Waals surface area (Å²) in [5.41, 5.74) is 8.77. The largest absolute Gasteiger partial charge is 0.488 e. The van der Waals surface area contributed by atoms with Crippen molar-refractivity contribution in [3.63, 3.8) is 0 Å². The molecule has 1 aliphatic heterocycles. The van der Waals surface area contributed by atoms with Crippen LogP contribution in [0.25, 0.3) is 22.0 Å². The van der Waals surface area contributed by atoms with Crippen LogP contribution in [0.15, 0.2) is 72.9 Å². The van der Waals surface area contributed by atoms with Gasteiger partial charge in [0.25, 0.3) is 0 Å². The average molecular weight is 394 g/mol. The molecule has 148 valence electrons. The lowest BCUT2D eigenvalue weighted by Crippen LogP contribution is -2.12. The quantitative estimate of drug-likeness (QED) is 0.462. The number of benzene rings is 3. The molecule has 4 aromatic rings. The number of carbonyl (C=O) groups is 1. The first kappa shape index (κ1) is 18.3. The van der Waals surface area contributed by atoms with Gasteiger partial charge in [-0.1, -0.05) is 42.5 Å². The van der Waals surface area contributed by atoms with E-state index < -0.39 is 0 Å². The molecular weight excluding hydrogens is 372 g/mol. The van der Waals surface area contributed by atoms with Crippen LogP contribution in [0.5, 0.6) is 5.75 Å². The van der Waals surface area contributed by atoms with E-state index in [1.54, 1.807) is 0 Å². The third-order valence-corrected chi connectivity index (χ3v) is 5.57. The Balaban J connectivity index is 1.75. The SMILES string of the molecule is CC(=O)Nc1ccc(C2=C(c3c[nH]c4ccccc34)COc3cccc(C)c32)cc1. The normalized spacial score (nSPS) is 13.1. The maximum absolute atomic E-state index is 11.4. The molecule has 2 heterocycles. The smallest absolute Gasteiger partial charge is 0.221 e. The molecule has 0 bridgehead atoms. The summed E-state index contributed by atoms with van der Waals surface area (Å²) < 4.78 is 6.19. The number of nitrogens with one attached hydrogen (secondary N) is 2. The number of carbonyl (C=O) groups excluding carboxylic acids is 1. The summed E-state index contributed by atoms with van der Waals surface area (Å²) in [7, 11) is 0. The molecule has 0 radical (unpaired) electrons. The van der Waals surface area contributed by atoms with Gasteiger partial charge in [0.05, 0.1) is 0 Å². The third kappa shape index (κ3) is 3.07. The number of aryl methyl sites for hydroxylation is 1. The fraction of sp³-hybridized carbons (Fsp3) is 0.115. The van der Waals surface area contributed by atoms with Gasteiger partial charge in [0.1, 0.15) is 12.4 Å². The van der Waals surface area contributed by atoms with Gasteiger partial charge in [0, 0.05) is 52.0 Å². The molecule has 0 fully saturated rings. The molecule has 2 N–H and O–H groups in total. The number of ether oxygens (including phenoxy) is 1. The summed E-state index contributed by atoms with van der Waals surface area (Å²) in [6, 6.07) is 22.5. The number of fused-ring (bicyclic) bond motifs is 2. The molecule has 0 aliphatic carbocycles. The summed E-state index contributed by atoms with van der Waals surface area (Å²) in [4.78, 5) is 14.8. The predicted octanol–water partition coefficient (Wildman–Crippen LogP) is 5.79. The number of aromatic nitrogens is 1. The maximum Gasteiger partial charge on any atom is 0.221 e. The van der Waals surface area contributed by atoms with E-state index in [4.69, 9.17) is 4.74 Å². The molecule has 1 amide bonds. The zero-order chi connectivity index (χ0) is 20.7. The van der Waals surface area contributed by atoms with Crippen molar-refractivity contribution in [1.29, 1.82) is 0 Å². The number of rotatable bonds is 3. The summed E-state index contributed by atoms with van der Waals surface area (Å²) in [5.74, 6) is 0.827. The van der Waals surface area contributed by atoms with E-state index >= 15 is 0 Å². The van der Waals surface area contributed by atoms with Crippen molar-refractivity contribution < 1.29 is 9.53 Å². The highest BCUT2D eigenvalue weighted by molar-refractivity contribution is 6.07. The molecule has 4 heteroatoms. The fourth-order valence-electron chi connectivity index (χ4n) is 4.23. The highest BCUT2D eigenvalue weighted by atomic mass is 16.5. The molecule has 3 aromatic carbocycles. The van der Waals surface area contributed by atoms with Crippen molar-refractivity contribution in [2.24, 2.45) is 0 Å². The maximum atomic E-state index is 11.4. The molecular formula is C26H22N2O2. The minimum Gasteiger partial charge on any atom is -0.488 e. The van der Waals surface area contributed by atoms with E-state index in [1.807, 2.05) is 30.3 Å². The minimum atomic E-state index is -0.0753. The zero-order valence-electron chi connectivity index (χ0n) is 17.0. The summed E-state index contributed by atoms with van der Waals surface area (Å²) >= 11 is 0. The van der Waals surface area contributed by atoms with Crippen LogP contribution in [0.2, 0.25) is 0 Å². The van der Waals surface area contributed by atoms with Crippen LogP contribution < -0.4 is 10.1 Å². The summed E-state index contributed by atoms with van der Waals surface area (Å²) in [5, 5.41) is 4.02. The van der Waals surface area contributed by atoms with E-state index in [1.165, 1.54) is 23.4 Å². The van der Waals surface area contributed by atoms with Crippen molar-refractivity contribution in [2.75, 3.05) is 11.9 Å². The minimum absolute atomic E-state index is 0.0753. The van der Waals surface area contributed by atoms with E-state index in [0.717, 1.165) is 39.2 Å². The van der Waals surface area contributed by atoms with Crippen LogP contribution in [0.1, 0.15) is 29.2 Å². The standard InChI is InChI=1S/C26H22N2O2/c1-16-6-5-9-24-25(16)26(18-10-12-19(13-11-18)28-17(2)29)22(15-30-24)21-14-27-23-8-4-3-7-20(21)23/h3-14,27H,15H2,1-2H3,(H,28,29). The second kappa shape index (κ2) is 7.23. The van der Waals surface area contributed by atoms with Crippen LogP contribution in [0.4, 0.5) is 5.69 Å². The van der Waals surface area contributed by atoms with E-state index in [2.05, 4.69) is 59.8 Å². The van der Waals surface area contributed by atoms with Crippen LogP contribution in [-0.4, -0.2) is 17.5 Å². The molecule has 5 rings (SSSR count). The van der Waals surface area contributed by atoms with Gasteiger partial charge in [-0.2, -0.15) is 0 Å². The molecule has 0 saturated heterocycles. The number of aromatic amines is 1. The number of anilines is 1. The van der Waals surface area contributed by atoms with E-state index in [0.29, 0.717) is 6.61 Å². The summed E-state index contributed by atoms with van der Waals surface area (Å²) in [6.45, 7) is 4.14. The van der Waals surface area contributed by atoms with Gasteiger partial charge < -0.3 is 15.0 Å². The average Bonchev–Trinajstić information content (AvgIpc) is 3.17. The third-order valence-electron chi connectivity index (χ3n) is 5.57. The van der Waals surface area contributed by atoms with E-state index in [9.17, 15) is 4.79 Å². The Hall–Kier alpha value is -3.79. The molecule has 0 saturated carbocycles. The fourth-order valence-corrected chi connectivity index (χ4v) is 4.23. The van der Waals surface area contributed by atoms with Gasteiger partial charge in [-0.3, -0.25) is 4.79 Å². The monoisotopic (exact) mass is 394 g/mol. The molecule has 1 aromatic heterocycles. The van der Waals surface area contributed by atoms with Crippen molar-refractivity contribution in [3.8, 4) is 5.75 Å². The highest BCUT2D eigenvalue weighted by Gasteiger charge is 2.25. The highest BCUT2D eigenvalue weighted by Crippen LogP contribution is 2.44. The molecule has 0 atom stereocenters. The zero-order valence-corrected chi connectivity index (χ0v) is 17.0. The first-order chi connectivity index (χ1) is 14.6. The number of para-hydroxylation sites is 1. The van der Waals surface area contributed by atoms with Gasteiger partial charge >= 0.3 is 0 Å². The van der Waals surface area contributed by atoms with Crippen LogP contribution in [0, 0.1) is 6.92 Å². The van der Waals surface area contributed by atoms with Crippen molar-refractivity contribution >= 4 is 33.6 Å². The van der Waals surface area contributed by atoms with Gasteiger partial charge in [0.2, 0.25) is 5.91 Å². The van der Waals surface area contributed by atoms with Crippen molar-refractivity contribution in [3.05, 3.63) is 95.2 Å². The number of hydrogen-bond acceptors (Lipinski definition) is 2. The molecule has 4 nitrogen and oxygen atoms in total. The Labute approximate surface area is 175 Å². The van der Waals surface area contributed by atoms with Crippen LogP contribution in [0.3, 0.4) is 0 Å². The van der Waals surface area contributed by atoms with Crippen molar-refractivity contribution in [2.45, 2.75) is 13.8 Å². The Morgan fingerprint density at radius 2 is 1.80 bits per heavy atom. The Morgan fingerprint density at radius 3 is 2.60 bits per heavy atom. The molecule has 30 heavy (non-hydrogen) atoms. The first-order valence-electron chi connectivity index (χ1n) is 10.0. The van der Waals surface area contributed by atoms with Crippen molar-refractivity contribution in [1.82, 2.24) is 4.98 Å². The van der Waals surface area contributed by atoms with Crippen LogP contribution in [-0.2, 0) is 4.79 Å². The van der Waals surface area contributed by atoms with Gasteiger partial charge in [-0.15, -0.1) is 0 Å². The second-order valence-electron chi connectivity index (χ2n) is 7.60. The van der Waals surface area contributed by atoms with Gasteiger partial charge in [-0.05, 0) is 42.3 Å². The molecule has 1 aliphatic rings. The van der Waals surface area contributed by atoms with Crippen LogP contribution >= 0.6 is 0 Å². The van der Waals surface area contributed by atoms with Gasteiger partial charge in [-0.25, -0.2) is 0 Å². The Kier molecular flexibility index (Phi) is 4.40. The van der Waals surface area contributed by atoms with E-state index in [-0.39, 0.29) is 5.91 Å². The first-order valence-corrected chi connectivity index (χ1v) is 10.0. The Morgan fingerprint density at radius 1 is 1.00 bits per heavy atom. The topological polar surface area (TPSA) is 54.1 Å². The second-order valence-corrected chi connectivity index (χ2v) is 7.60. The van der Waals surface area contributed by atoms with Gasteiger partial charge in [0.15, 0.2) is 0 Å². The summed E-state index contributed by atoms with van der Waals surface area (Å²) in [6.07, 6.45) is 2.07. The molecule has 0 unspecified atom stereocenters. The Bertz CT molecular complexity index is 1300.